The number of nitrogens with zero attached hydrogens (tertiary/aromatic N) is 9. The van der Waals surface area contributed by atoms with Crippen LogP contribution in [0.1, 0.15) is 88.9 Å². The molecule has 368 valence electrons. The number of carbonyl (C=O) groups is 3. The summed E-state index contributed by atoms with van der Waals surface area (Å²) in [5, 5.41) is 42.3. The van der Waals surface area contributed by atoms with Crippen molar-refractivity contribution in [3.63, 3.8) is 0 Å². The van der Waals surface area contributed by atoms with Gasteiger partial charge in [-0.3, -0.25) is 33.4 Å². The topological polar surface area (TPSA) is 368 Å². The molecule has 2 amide bonds. The zero-order valence-corrected chi connectivity index (χ0v) is 39.1. The second-order valence-electron chi connectivity index (χ2n) is 16.6. The Labute approximate surface area is 402 Å². The lowest BCUT2D eigenvalue weighted by Gasteiger charge is -2.32. The largest absolute Gasteiger partial charge is 0.478 e. The van der Waals surface area contributed by atoms with Gasteiger partial charge in [0.2, 0.25) is 17.7 Å². The number of ether oxygens (including phenoxy) is 1. The number of fused-ring (bicyclic) bond motifs is 5. The van der Waals surface area contributed by atoms with Crippen LogP contribution in [0.4, 0.5) is 11.6 Å². The smallest absolute Gasteiger partial charge is 0.336 e. The van der Waals surface area contributed by atoms with Gasteiger partial charge in [0.05, 0.1) is 34.3 Å². The van der Waals surface area contributed by atoms with E-state index in [9.17, 15) is 45.4 Å². The number of carboxylic acids is 1. The molecule has 1 aliphatic carbocycles. The first-order valence-electron chi connectivity index (χ1n) is 22.0. The summed E-state index contributed by atoms with van der Waals surface area (Å²) >= 11 is 0. The van der Waals surface area contributed by atoms with Crippen molar-refractivity contribution in [2.24, 2.45) is 7.05 Å². The SMILES string of the molecule is Cn1cc2c(nc(NC(=O)CCCc3cn(CCCCCCNC(=O)c4ccc(C5=C6CCC(=N)C(S(=O)(=O)O)=C6Oc6c5ccc(N)c6S(=O)(=O)O)c(C(=O)O)c4)nn3)n3nc(-c4ccco4)nc23)n1. The van der Waals surface area contributed by atoms with Crippen LogP contribution in [0.5, 0.6) is 5.75 Å². The number of carbonyl (C=O) groups excluding carboxylic acids is 2. The Morgan fingerprint density at radius 3 is 2.46 bits per heavy atom. The van der Waals surface area contributed by atoms with Gasteiger partial charge in [0.15, 0.2) is 38.4 Å². The van der Waals surface area contributed by atoms with E-state index >= 15 is 0 Å². The van der Waals surface area contributed by atoms with Gasteiger partial charge in [0.25, 0.3) is 26.1 Å². The number of anilines is 2. The van der Waals surface area contributed by atoms with Crippen LogP contribution in [0.25, 0.3) is 33.8 Å². The predicted molar refractivity (Wildman–Crippen MR) is 251 cm³/mol. The average molecular weight is 1010 g/mol. The molecule has 71 heavy (non-hydrogen) atoms. The molecular weight excluding hydrogens is 967 g/mol. The van der Waals surface area contributed by atoms with Gasteiger partial charge in [0, 0.05) is 61.2 Å². The fourth-order valence-electron chi connectivity index (χ4n) is 8.49. The summed E-state index contributed by atoms with van der Waals surface area (Å²) in [4.78, 5) is 46.3. The van der Waals surface area contributed by atoms with Gasteiger partial charge in [-0.2, -0.15) is 31.4 Å². The van der Waals surface area contributed by atoms with E-state index in [4.69, 9.17) is 20.3 Å². The van der Waals surface area contributed by atoms with E-state index in [-0.39, 0.29) is 65.5 Å². The fourth-order valence-corrected chi connectivity index (χ4v) is 10.1. The molecule has 0 saturated carbocycles. The second-order valence-corrected chi connectivity index (χ2v) is 19.4. The number of allylic oxidation sites excluding steroid dienone is 2. The highest BCUT2D eigenvalue weighted by Crippen LogP contribution is 2.50. The zero-order valence-electron chi connectivity index (χ0n) is 37.5. The Bertz CT molecular complexity index is 3630. The molecule has 0 atom stereocenters. The maximum atomic E-state index is 13.3. The molecular formula is C44H43N13O12S2. The van der Waals surface area contributed by atoms with Crippen LogP contribution in [0.3, 0.4) is 0 Å². The number of hydrogen-bond donors (Lipinski definition) is 7. The van der Waals surface area contributed by atoms with Gasteiger partial charge in [0.1, 0.15) is 0 Å². The molecule has 0 saturated heterocycles. The number of aromatic nitrogens is 9. The number of nitrogens with one attached hydrogen (secondary N) is 3. The first-order chi connectivity index (χ1) is 33.8. The lowest BCUT2D eigenvalue weighted by Crippen LogP contribution is -2.27. The van der Waals surface area contributed by atoms with Crippen LogP contribution in [0.2, 0.25) is 0 Å². The standard InChI is InChI=1S/C44H43N13O12S2/c1-55-22-29-39(52-55)50-44(57-41(29)49-40(53-57)32-9-7-19-68-32)48-33(58)10-6-8-24-21-56(54-51-24)18-5-3-2-4-17-47-42(59)23-11-12-25(28(20-23)43(60)61)34-26-13-15-30(45)37(70(62,63)64)35(26)69-36-27(34)14-16-31(46)38(36)71(65,66)67/h7,9,11-13,15,19-22,46H,2-6,8,10,14,16-18,45H2,1H3,(H,47,59)(H,60,61)(H,62,63,64)(H,65,66,67)(H,48,50,52,58). The number of amides is 2. The Balaban J connectivity index is 0.775. The predicted octanol–water partition coefficient (Wildman–Crippen LogP) is 4.45. The first kappa shape index (κ1) is 47.9. The molecule has 6 heterocycles. The third-order valence-electron chi connectivity index (χ3n) is 11.7. The number of furan rings is 1. The summed E-state index contributed by atoms with van der Waals surface area (Å²) in [7, 11) is -8.52. The molecule has 2 aliphatic rings. The number of nitrogens with two attached hydrogens (primary N) is 1. The van der Waals surface area contributed by atoms with Crippen LogP contribution < -0.4 is 21.1 Å². The van der Waals surface area contributed by atoms with Crippen molar-refractivity contribution < 1.29 is 54.6 Å². The Morgan fingerprint density at radius 2 is 1.72 bits per heavy atom. The molecule has 0 unspecified atom stereocenters. The summed E-state index contributed by atoms with van der Waals surface area (Å²) in [6.45, 7) is 0.863. The van der Waals surface area contributed by atoms with Crippen molar-refractivity contribution in [2.75, 3.05) is 17.6 Å². The van der Waals surface area contributed by atoms with E-state index in [1.54, 1.807) is 34.7 Å². The number of aromatic carboxylic acids is 1. The highest BCUT2D eigenvalue weighted by molar-refractivity contribution is 7.91. The number of unbranched alkanes of at least 4 members (excludes halogenated alkanes) is 3. The number of nitrogen functional groups attached to an aromatic ring is 1. The van der Waals surface area contributed by atoms with Gasteiger partial charge >= 0.3 is 5.97 Å². The summed E-state index contributed by atoms with van der Waals surface area (Å²) in [5.74, 6) is -2.66. The molecule has 5 aromatic heterocycles. The first-order valence-corrected chi connectivity index (χ1v) is 24.8. The minimum Gasteiger partial charge on any atom is -0.478 e. The van der Waals surface area contributed by atoms with E-state index in [0.29, 0.717) is 54.1 Å². The number of hydrogen-bond acceptors (Lipinski definition) is 17. The zero-order chi connectivity index (χ0) is 50.4. The van der Waals surface area contributed by atoms with Crippen molar-refractivity contribution in [3.05, 3.63) is 105 Å². The van der Waals surface area contributed by atoms with E-state index in [1.807, 2.05) is 6.20 Å². The molecule has 7 aromatic rings. The number of carboxylic acid groups (broad SMARTS) is 1. The van der Waals surface area contributed by atoms with Crippen LogP contribution in [0.15, 0.2) is 86.7 Å². The summed E-state index contributed by atoms with van der Waals surface area (Å²) in [6, 6.07) is 9.66. The van der Waals surface area contributed by atoms with Crippen LogP contribution >= 0.6 is 0 Å². The van der Waals surface area contributed by atoms with E-state index in [2.05, 4.69) is 41.1 Å². The van der Waals surface area contributed by atoms with Crippen LogP contribution in [-0.4, -0.2) is 105 Å². The van der Waals surface area contributed by atoms with E-state index < -0.39 is 70.4 Å². The summed E-state index contributed by atoms with van der Waals surface area (Å²) in [5.41, 5.74) is 5.86. The van der Waals surface area contributed by atoms with Gasteiger partial charge in [-0.15, -0.1) is 10.2 Å². The lowest BCUT2D eigenvalue weighted by molar-refractivity contribution is -0.116. The minimum absolute atomic E-state index is 0.0183. The van der Waals surface area contributed by atoms with Gasteiger partial charge < -0.3 is 30.7 Å². The number of aryl methyl sites for hydroxylation is 3. The minimum atomic E-state index is -5.15. The maximum absolute atomic E-state index is 13.3. The van der Waals surface area contributed by atoms with Gasteiger partial charge in [-0.1, -0.05) is 24.1 Å². The quantitative estimate of drug-likeness (QED) is 0.0354. The fraction of sp³-hybridized carbons (Fsp3) is 0.273. The van der Waals surface area contributed by atoms with Crippen molar-refractivity contribution in [3.8, 4) is 17.3 Å². The van der Waals surface area contributed by atoms with E-state index in [1.165, 1.54) is 29.0 Å². The molecule has 1 aliphatic heterocycles. The van der Waals surface area contributed by atoms with Crippen molar-refractivity contribution >= 4 is 77.6 Å². The Kier molecular flexibility index (Phi) is 12.8. The summed E-state index contributed by atoms with van der Waals surface area (Å²) in [6.07, 6.45) is 8.90. The number of rotatable bonds is 18. The third-order valence-corrected chi connectivity index (χ3v) is 13.6. The average Bonchev–Trinajstić information content (AvgIpc) is 4.14. The Hall–Kier alpha value is -8.14. The normalized spacial score (nSPS) is 13.9. The monoisotopic (exact) mass is 1010 g/mol. The lowest BCUT2D eigenvalue weighted by atomic mass is 9.82. The second kappa shape index (κ2) is 19.0. The molecule has 9 rings (SSSR count). The van der Waals surface area contributed by atoms with Gasteiger partial charge in [-0.25, -0.2) is 9.78 Å². The number of benzene rings is 2. The van der Waals surface area contributed by atoms with Crippen molar-refractivity contribution in [2.45, 2.75) is 69.2 Å². The molecule has 8 N–H and O–H groups in total. The Morgan fingerprint density at radius 1 is 0.930 bits per heavy atom. The maximum Gasteiger partial charge on any atom is 0.336 e. The molecule has 0 radical (unpaired) electrons. The molecule has 0 fully saturated rings. The highest BCUT2D eigenvalue weighted by Gasteiger charge is 2.40. The molecule has 0 spiro atoms. The van der Waals surface area contributed by atoms with Crippen LogP contribution in [0, 0.1) is 5.41 Å². The van der Waals surface area contributed by atoms with Crippen molar-refractivity contribution in [1.82, 2.24) is 49.7 Å². The van der Waals surface area contributed by atoms with E-state index in [0.717, 1.165) is 37.1 Å². The third kappa shape index (κ3) is 9.74. The van der Waals surface area contributed by atoms with Crippen LogP contribution in [-0.2, 0) is 45.0 Å². The molecule has 27 heteroatoms. The summed E-state index contributed by atoms with van der Waals surface area (Å²) < 4.78 is 86.3. The van der Waals surface area contributed by atoms with Crippen molar-refractivity contribution in [1.29, 1.82) is 5.41 Å². The molecule has 0 bridgehead atoms. The van der Waals surface area contributed by atoms with Gasteiger partial charge in [-0.05, 0) is 80.5 Å². The molecule has 25 nitrogen and oxygen atoms in total. The molecule has 2 aromatic carbocycles. The highest BCUT2D eigenvalue weighted by atomic mass is 32.2.